The van der Waals surface area contributed by atoms with Crippen molar-refractivity contribution in [1.29, 1.82) is 0 Å². The second kappa shape index (κ2) is 7.51. The van der Waals surface area contributed by atoms with E-state index in [2.05, 4.69) is 10.5 Å². The van der Waals surface area contributed by atoms with Gasteiger partial charge in [0.05, 0.1) is 11.6 Å². The summed E-state index contributed by atoms with van der Waals surface area (Å²) in [5, 5.41) is 5.25. The van der Waals surface area contributed by atoms with Crippen LogP contribution >= 0.6 is 11.3 Å². The van der Waals surface area contributed by atoms with Crippen LogP contribution in [0.2, 0.25) is 0 Å². The second-order valence-corrected chi connectivity index (χ2v) is 8.80. The van der Waals surface area contributed by atoms with Crippen LogP contribution in [0.1, 0.15) is 60.6 Å². The molecule has 1 aromatic carbocycles. The number of fused-ring (bicyclic) bond motifs is 3. The number of nitrogens with one attached hydrogen (secondary N) is 1. The molecule has 1 fully saturated rings. The zero-order chi connectivity index (χ0) is 18.9. The van der Waals surface area contributed by atoms with E-state index in [1.165, 1.54) is 29.7 Å². The molecule has 5 rings (SSSR count). The summed E-state index contributed by atoms with van der Waals surface area (Å²) in [6, 6.07) is 10.2. The summed E-state index contributed by atoms with van der Waals surface area (Å²) in [5.74, 6) is 0.580. The minimum absolute atomic E-state index is 0.119. The second-order valence-electron chi connectivity index (χ2n) is 7.72. The number of aromatic nitrogens is 2. The lowest BCUT2D eigenvalue weighted by Crippen LogP contribution is -2.29. The largest absolute Gasteiger partial charge is 0.274 e. The Morgan fingerprint density at radius 1 is 1.11 bits per heavy atom. The Bertz CT molecular complexity index is 1080. The fraction of sp³-hybridized carbons (Fsp3) is 0.409. The summed E-state index contributed by atoms with van der Waals surface area (Å²) in [4.78, 5) is 20.6. The quantitative estimate of drug-likeness (QED) is 0.508. The molecule has 0 amide bonds. The predicted octanol–water partition coefficient (Wildman–Crippen LogP) is 4.90. The Hall–Kier alpha value is -2.47. The molecule has 2 aromatic heterocycles. The van der Waals surface area contributed by atoms with E-state index < -0.39 is 0 Å². The van der Waals surface area contributed by atoms with Gasteiger partial charge in [0.15, 0.2) is 0 Å². The number of hydrogen-bond acceptors (Lipinski definition) is 5. The van der Waals surface area contributed by atoms with Gasteiger partial charge in [-0.3, -0.25) is 9.36 Å². The minimum Gasteiger partial charge on any atom is -0.274 e. The first-order chi connectivity index (χ1) is 13.8. The van der Waals surface area contributed by atoms with E-state index in [0.717, 1.165) is 47.9 Å². The SMILES string of the molecule is O=c1c2c3c(sc2nc(N/N=C\c2ccccc2)n1C1CCCCC1)CCC3. The number of benzene rings is 1. The summed E-state index contributed by atoms with van der Waals surface area (Å²) in [5.41, 5.74) is 5.47. The number of hydrazone groups is 1. The van der Waals surface area contributed by atoms with Crippen molar-refractivity contribution in [2.45, 2.75) is 57.4 Å². The molecule has 0 atom stereocenters. The third-order valence-electron chi connectivity index (χ3n) is 5.89. The summed E-state index contributed by atoms with van der Waals surface area (Å²) < 4.78 is 1.90. The van der Waals surface area contributed by atoms with Crippen LogP contribution in [0.3, 0.4) is 0 Å². The highest BCUT2D eigenvalue weighted by molar-refractivity contribution is 7.18. The number of aryl methyl sites for hydroxylation is 2. The zero-order valence-corrected chi connectivity index (χ0v) is 16.7. The molecule has 0 bridgehead atoms. The molecule has 2 heterocycles. The van der Waals surface area contributed by atoms with Gasteiger partial charge in [-0.15, -0.1) is 11.3 Å². The van der Waals surface area contributed by atoms with E-state index in [4.69, 9.17) is 4.98 Å². The van der Waals surface area contributed by atoms with Gasteiger partial charge >= 0.3 is 0 Å². The maximum Gasteiger partial charge on any atom is 0.264 e. The average Bonchev–Trinajstić information content (AvgIpc) is 3.30. The highest BCUT2D eigenvalue weighted by atomic mass is 32.1. The first kappa shape index (κ1) is 17.6. The number of thiophene rings is 1. The van der Waals surface area contributed by atoms with E-state index in [-0.39, 0.29) is 11.6 Å². The van der Waals surface area contributed by atoms with E-state index in [1.807, 2.05) is 34.9 Å². The highest BCUT2D eigenvalue weighted by Gasteiger charge is 2.26. The van der Waals surface area contributed by atoms with E-state index in [1.54, 1.807) is 17.6 Å². The maximum absolute atomic E-state index is 13.5. The average molecular weight is 393 g/mol. The fourth-order valence-electron chi connectivity index (χ4n) is 4.52. The number of hydrogen-bond donors (Lipinski definition) is 1. The molecule has 5 nitrogen and oxygen atoms in total. The number of nitrogens with zero attached hydrogens (tertiary/aromatic N) is 3. The molecular formula is C22H24N4OS. The fourth-order valence-corrected chi connectivity index (χ4v) is 5.77. The molecule has 0 spiro atoms. The van der Waals surface area contributed by atoms with Gasteiger partial charge in [-0.2, -0.15) is 5.10 Å². The van der Waals surface area contributed by atoms with Crippen molar-refractivity contribution in [2.24, 2.45) is 5.10 Å². The van der Waals surface area contributed by atoms with Crippen molar-refractivity contribution in [3.8, 4) is 0 Å². The van der Waals surface area contributed by atoms with Crippen molar-refractivity contribution in [1.82, 2.24) is 9.55 Å². The summed E-state index contributed by atoms with van der Waals surface area (Å²) >= 11 is 1.68. The Kier molecular flexibility index (Phi) is 4.72. The van der Waals surface area contributed by atoms with Crippen LogP contribution in [-0.4, -0.2) is 15.8 Å². The molecule has 2 aliphatic carbocycles. The van der Waals surface area contributed by atoms with E-state index >= 15 is 0 Å². The molecule has 144 valence electrons. The Morgan fingerprint density at radius 3 is 2.75 bits per heavy atom. The zero-order valence-electron chi connectivity index (χ0n) is 15.9. The van der Waals surface area contributed by atoms with Gasteiger partial charge in [-0.1, -0.05) is 49.6 Å². The normalized spacial score (nSPS) is 17.4. The van der Waals surface area contributed by atoms with Crippen molar-refractivity contribution >= 4 is 33.7 Å². The van der Waals surface area contributed by atoms with Crippen molar-refractivity contribution in [3.05, 3.63) is 56.7 Å². The highest BCUT2D eigenvalue weighted by Crippen LogP contribution is 2.37. The van der Waals surface area contributed by atoms with Crippen LogP contribution in [0.25, 0.3) is 10.2 Å². The van der Waals surface area contributed by atoms with Gasteiger partial charge in [0.2, 0.25) is 5.95 Å². The Balaban J connectivity index is 1.58. The molecule has 2 aliphatic rings. The Labute approximate surface area is 168 Å². The van der Waals surface area contributed by atoms with Gasteiger partial charge in [-0.05, 0) is 43.2 Å². The van der Waals surface area contributed by atoms with Crippen molar-refractivity contribution < 1.29 is 0 Å². The molecule has 1 saturated carbocycles. The molecule has 6 heteroatoms. The molecule has 0 unspecified atom stereocenters. The maximum atomic E-state index is 13.5. The lowest BCUT2D eigenvalue weighted by atomic mass is 9.95. The van der Waals surface area contributed by atoms with Gasteiger partial charge in [0.25, 0.3) is 5.56 Å². The van der Waals surface area contributed by atoms with Crippen LogP contribution < -0.4 is 11.0 Å². The van der Waals surface area contributed by atoms with Crippen LogP contribution in [0.5, 0.6) is 0 Å². The lowest BCUT2D eigenvalue weighted by Gasteiger charge is -2.25. The minimum atomic E-state index is 0.119. The molecule has 0 radical (unpaired) electrons. The van der Waals surface area contributed by atoms with Crippen LogP contribution in [0, 0.1) is 0 Å². The molecule has 0 aliphatic heterocycles. The van der Waals surface area contributed by atoms with Crippen LogP contribution in [-0.2, 0) is 12.8 Å². The molecular weight excluding hydrogens is 368 g/mol. The predicted molar refractivity (Wildman–Crippen MR) is 116 cm³/mol. The Morgan fingerprint density at radius 2 is 1.93 bits per heavy atom. The molecule has 28 heavy (non-hydrogen) atoms. The van der Waals surface area contributed by atoms with Crippen LogP contribution in [0.15, 0.2) is 40.2 Å². The third-order valence-corrected chi connectivity index (χ3v) is 7.07. The number of rotatable bonds is 4. The van der Waals surface area contributed by atoms with Gasteiger partial charge < -0.3 is 0 Å². The topological polar surface area (TPSA) is 59.3 Å². The monoisotopic (exact) mass is 392 g/mol. The first-order valence-electron chi connectivity index (χ1n) is 10.2. The molecule has 3 aromatic rings. The van der Waals surface area contributed by atoms with Crippen molar-refractivity contribution in [3.63, 3.8) is 0 Å². The van der Waals surface area contributed by atoms with Gasteiger partial charge in [0.1, 0.15) is 4.83 Å². The third kappa shape index (κ3) is 3.15. The molecule has 0 saturated heterocycles. The first-order valence-corrected chi connectivity index (χ1v) is 11.0. The summed E-state index contributed by atoms with van der Waals surface area (Å²) in [7, 11) is 0. The lowest BCUT2D eigenvalue weighted by molar-refractivity contribution is 0.348. The summed E-state index contributed by atoms with van der Waals surface area (Å²) in [6.45, 7) is 0. The van der Waals surface area contributed by atoms with Crippen LogP contribution in [0.4, 0.5) is 5.95 Å². The molecule has 1 N–H and O–H groups in total. The van der Waals surface area contributed by atoms with E-state index in [9.17, 15) is 4.79 Å². The van der Waals surface area contributed by atoms with E-state index in [0.29, 0.717) is 5.95 Å². The van der Waals surface area contributed by atoms with Gasteiger partial charge in [0, 0.05) is 10.9 Å². The standard InChI is InChI=1S/C22H24N4OS/c27-21-19-17-12-7-13-18(17)28-20(19)24-22(26(21)16-10-5-2-6-11-16)25-23-14-15-8-3-1-4-9-15/h1,3-4,8-9,14,16H,2,5-7,10-13H2,(H,24,25)/b23-14-. The van der Waals surface area contributed by atoms with Gasteiger partial charge in [-0.25, -0.2) is 10.4 Å². The number of anilines is 1. The summed E-state index contributed by atoms with van der Waals surface area (Å²) in [6.07, 6.45) is 10.7. The smallest absolute Gasteiger partial charge is 0.264 e. The van der Waals surface area contributed by atoms with Crippen molar-refractivity contribution in [2.75, 3.05) is 5.43 Å².